The van der Waals surface area contributed by atoms with Crippen LogP contribution < -0.4 is 21.5 Å². The average Bonchev–Trinajstić information content (AvgIpc) is 2.37. The molecule has 1 aromatic carbocycles. The maximum atomic E-state index is 12.7. The van der Waals surface area contributed by atoms with Gasteiger partial charge in [-0.3, -0.25) is 5.73 Å². The summed E-state index contributed by atoms with van der Waals surface area (Å²) in [6, 6.07) is 5.07. The molecule has 1 unspecified atom stereocenters. The van der Waals surface area contributed by atoms with Gasteiger partial charge in [0, 0.05) is 18.2 Å². The number of halogens is 6. The Morgan fingerprint density at radius 3 is 2.29 bits per heavy atom. The summed E-state index contributed by atoms with van der Waals surface area (Å²) in [4.78, 5) is 3.53. The summed E-state index contributed by atoms with van der Waals surface area (Å²) in [5.74, 6) is -3.24. The van der Waals surface area contributed by atoms with Gasteiger partial charge in [0.1, 0.15) is 17.2 Å². The molecule has 0 fully saturated rings. The molecule has 1 atom stereocenters. The number of hydrogen-bond donors (Lipinski definition) is 3. The third-order valence-electron chi connectivity index (χ3n) is 3.03. The van der Waals surface area contributed by atoms with Crippen LogP contribution >= 0.6 is 0 Å². The number of aliphatic imine (C=N–C) groups is 1. The number of rotatable bonds is 3. The van der Waals surface area contributed by atoms with E-state index in [1.165, 1.54) is 18.2 Å². The van der Waals surface area contributed by atoms with Crippen molar-refractivity contribution >= 4 is 5.84 Å². The lowest BCUT2D eigenvalue weighted by molar-refractivity contribution is -0.275. The van der Waals surface area contributed by atoms with Crippen molar-refractivity contribution in [1.29, 1.82) is 0 Å². The quantitative estimate of drug-likeness (QED) is 0.726. The molecular formula is C13H12F6N4O. The Bertz CT molecular complexity index is 682. The van der Waals surface area contributed by atoms with E-state index in [1.54, 1.807) is 0 Å². The first-order valence-corrected chi connectivity index (χ1v) is 6.43. The van der Waals surface area contributed by atoms with Crippen molar-refractivity contribution in [1.82, 2.24) is 5.32 Å². The van der Waals surface area contributed by atoms with Crippen molar-refractivity contribution in [2.45, 2.75) is 24.7 Å². The third kappa shape index (κ3) is 4.31. The summed E-state index contributed by atoms with van der Waals surface area (Å²) in [5.41, 5.74) is 9.83. The van der Waals surface area contributed by atoms with E-state index < -0.39 is 35.5 Å². The van der Waals surface area contributed by atoms with Gasteiger partial charge in [0.05, 0.1) is 0 Å². The second kappa shape index (κ2) is 5.89. The van der Waals surface area contributed by atoms with E-state index in [0.29, 0.717) is 6.20 Å². The first-order chi connectivity index (χ1) is 10.9. The van der Waals surface area contributed by atoms with Crippen molar-refractivity contribution in [3.05, 3.63) is 41.6 Å². The molecule has 0 amide bonds. The Balaban J connectivity index is 2.26. The van der Waals surface area contributed by atoms with Crippen LogP contribution in [0.4, 0.5) is 26.3 Å². The van der Waals surface area contributed by atoms with Gasteiger partial charge in [0.25, 0.3) is 0 Å². The summed E-state index contributed by atoms with van der Waals surface area (Å²) in [6.45, 7) is 0. The second-order valence-corrected chi connectivity index (χ2v) is 4.95. The smallest absolute Gasteiger partial charge is 0.405 e. The first kappa shape index (κ1) is 17.9. The van der Waals surface area contributed by atoms with Crippen LogP contribution in [-0.2, 0) is 6.42 Å². The standard InChI is InChI=1S/C13H12F6N4O/c14-12(15,16)8-6-22-11(21,23-10(8)20)5-7-3-1-2-4-9(7)24-13(17,18)19/h1-4,6,22H,5,21H2,(H2,20,23). The van der Waals surface area contributed by atoms with E-state index >= 15 is 0 Å². The van der Waals surface area contributed by atoms with Gasteiger partial charge in [-0.25, -0.2) is 4.99 Å². The van der Waals surface area contributed by atoms with Crippen LogP contribution in [0.3, 0.4) is 0 Å². The molecule has 1 aliphatic rings. The van der Waals surface area contributed by atoms with Gasteiger partial charge in [-0.1, -0.05) is 18.2 Å². The molecule has 11 heteroatoms. The Morgan fingerprint density at radius 1 is 1.12 bits per heavy atom. The molecular weight excluding hydrogens is 342 g/mol. The van der Waals surface area contributed by atoms with Gasteiger partial charge < -0.3 is 15.8 Å². The molecule has 0 aliphatic carbocycles. The highest BCUT2D eigenvalue weighted by atomic mass is 19.4. The van der Waals surface area contributed by atoms with Gasteiger partial charge >= 0.3 is 12.5 Å². The predicted molar refractivity (Wildman–Crippen MR) is 72.6 cm³/mol. The maximum absolute atomic E-state index is 12.7. The number of nitrogens with two attached hydrogens (primary N) is 2. The summed E-state index contributed by atoms with van der Waals surface area (Å²) in [7, 11) is 0. The highest BCUT2D eigenvalue weighted by Gasteiger charge is 2.41. The summed E-state index contributed by atoms with van der Waals surface area (Å²) in [6.07, 6.45) is -9.51. The molecule has 0 radical (unpaired) electrons. The Labute approximate surface area is 132 Å². The zero-order chi connectivity index (χ0) is 18.2. The van der Waals surface area contributed by atoms with Crippen LogP contribution in [0.15, 0.2) is 41.0 Å². The minimum atomic E-state index is -4.93. The number of nitrogens with zero attached hydrogens (tertiary/aromatic N) is 1. The van der Waals surface area contributed by atoms with Gasteiger partial charge in [0.2, 0.25) is 0 Å². The molecule has 0 bridgehead atoms. The zero-order valence-electron chi connectivity index (χ0n) is 11.9. The average molecular weight is 354 g/mol. The van der Waals surface area contributed by atoms with Gasteiger partial charge in [0.15, 0.2) is 5.79 Å². The third-order valence-corrected chi connectivity index (χ3v) is 3.03. The number of ether oxygens (including phenoxy) is 1. The molecule has 0 saturated heterocycles. The molecule has 0 spiro atoms. The molecule has 5 nitrogen and oxygen atoms in total. The van der Waals surface area contributed by atoms with Crippen LogP contribution in [0, 0.1) is 0 Å². The molecule has 132 valence electrons. The lowest BCUT2D eigenvalue weighted by Gasteiger charge is -2.31. The van der Waals surface area contributed by atoms with E-state index in [2.05, 4.69) is 15.0 Å². The number of alkyl halides is 6. The largest absolute Gasteiger partial charge is 0.573 e. The van der Waals surface area contributed by atoms with Crippen molar-refractivity contribution < 1.29 is 31.1 Å². The molecule has 1 aromatic rings. The minimum Gasteiger partial charge on any atom is -0.405 e. The number of nitrogens with one attached hydrogen (secondary N) is 1. The maximum Gasteiger partial charge on any atom is 0.573 e. The normalized spacial score (nSPS) is 21.6. The summed E-state index contributed by atoms with van der Waals surface area (Å²) < 4.78 is 79.0. The number of amidine groups is 1. The Hall–Kier alpha value is -2.43. The van der Waals surface area contributed by atoms with Gasteiger partial charge in [-0.05, 0) is 6.07 Å². The Morgan fingerprint density at radius 2 is 1.75 bits per heavy atom. The van der Waals surface area contributed by atoms with Crippen LogP contribution in [0.5, 0.6) is 5.75 Å². The number of para-hydroxylation sites is 1. The molecule has 5 N–H and O–H groups in total. The molecule has 1 heterocycles. The van der Waals surface area contributed by atoms with Gasteiger partial charge in [-0.2, -0.15) is 13.2 Å². The molecule has 0 aromatic heterocycles. The van der Waals surface area contributed by atoms with Crippen molar-refractivity contribution in [2.24, 2.45) is 16.5 Å². The SMILES string of the molecule is NC1=NC(N)(Cc2ccccc2OC(F)(F)F)NC=C1C(F)(F)F. The van der Waals surface area contributed by atoms with E-state index in [4.69, 9.17) is 11.5 Å². The van der Waals surface area contributed by atoms with Crippen molar-refractivity contribution in [3.63, 3.8) is 0 Å². The van der Waals surface area contributed by atoms with Crippen LogP contribution in [0.25, 0.3) is 0 Å². The molecule has 0 saturated carbocycles. The van der Waals surface area contributed by atoms with Crippen molar-refractivity contribution in [3.8, 4) is 5.75 Å². The van der Waals surface area contributed by atoms with E-state index in [0.717, 1.165) is 6.07 Å². The van der Waals surface area contributed by atoms with Crippen LogP contribution in [0.1, 0.15) is 5.56 Å². The lowest BCUT2D eigenvalue weighted by Crippen LogP contribution is -2.55. The predicted octanol–water partition coefficient (Wildman–Crippen LogP) is 2.15. The monoisotopic (exact) mass is 354 g/mol. The van der Waals surface area contributed by atoms with Crippen molar-refractivity contribution in [2.75, 3.05) is 0 Å². The van der Waals surface area contributed by atoms with E-state index in [9.17, 15) is 26.3 Å². The first-order valence-electron chi connectivity index (χ1n) is 6.43. The topological polar surface area (TPSA) is 85.7 Å². The molecule has 24 heavy (non-hydrogen) atoms. The fraction of sp³-hybridized carbons (Fsp3) is 0.308. The van der Waals surface area contributed by atoms with Crippen LogP contribution in [0.2, 0.25) is 0 Å². The fourth-order valence-corrected chi connectivity index (χ4v) is 2.06. The highest BCUT2D eigenvalue weighted by molar-refractivity contribution is 5.98. The summed E-state index contributed by atoms with van der Waals surface area (Å²) >= 11 is 0. The number of benzene rings is 1. The fourth-order valence-electron chi connectivity index (χ4n) is 2.06. The summed E-state index contributed by atoms with van der Waals surface area (Å²) in [5, 5.41) is 2.21. The minimum absolute atomic E-state index is 0.00904. The lowest BCUT2D eigenvalue weighted by atomic mass is 10.0. The van der Waals surface area contributed by atoms with Gasteiger partial charge in [-0.15, -0.1) is 13.2 Å². The zero-order valence-corrected chi connectivity index (χ0v) is 11.9. The van der Waals surface area contributed by atoms with E-state index in [-0.39, 0.29) is 12.0 Å². The second-order valence-electron chi connectivity index (χ2n) is 4.95. The molecule has 2 rings (SSSR count). The molecule has 1 aliphatic heterocycles. The van der Waals surface area contributed by atoms with Crippen LogP contribution in [-0.4, -0.2) is 24.2 Å². The Kier molecular flexibility index (Phi) is 4.40. The van der Waals surface area contributed by atoms with E-state index in [1.807, 2.05) is 0 Å². The number of hydrogen-bond acceptors (Lipinski definition) is 5. The highest BCUT2D eigenvalue weighted by Crippen LogP contribution is 2.31.